The summed E-state index contributed by atoms with van der Waals surface area (Å²) in [5.74, 6) is -2.54. The Balaban J connectivity index is 1.38. The quantitative estimate of drug-likeness (QED) is 0.0692. The number of rotatable bonds is 5. The van der Waals surface area contributed by atoms with Crippen LogP contribution in [-0.4, -0.2) is 72.3 Å². The molecule has 16 heteroatoms. The Kier molecular flexibility index (Phi) is 8.18. The van der Waals surface area contributed by atoms with Crippen molar-refractivity contribution >= 4 is 132 Å². The molecule has 204 valence electrons. The summed E-state index contributed by atoms with van der Waals surface area (Å²) in [7, 11) is 0. The zero-order valence-electron chi connectivity index (χ0n) is 19.5. The first kappa shape index (κ1) is 29.6. The first-order valence-corrected chi connectivity index (χ1v) is 16.4. The molecule has 2 fully saturated rings. The molecule has 0 aliphatic carbocycles. The lowest BCUT2D eigenvalue weighted by Crippen LogP contribution is -2.79. The molecule has 3 aliphatic rings. The Morgan fingerprint density at radius 3 is 2.13 bits per heavy atom. The van der Waals surface area contributed by atoms with Gasteiger partial charge in [0.25, 0.3) is 23.4 Å². The van der Waals surface area contributed by atoms with Gasteiger partial charge in [0.1, 0.15) is 23.6 Å². The number of carbonyl (C=O) groups is 4. The summed E-state index contributed by atoms with van der Waals surface area (Å²) in [5, 5.41) is 21.2. The standard InChI is InChI=1S/C23H15I4N3O8S/c1-23(35)7-39-21-16(28-18(31)10-11(19(28)32)13(25)15(27)14(26)12(10)24)20(33)29(21)17(23)22(34)38-6-8-2-4-9(5-3-8)30(36)37/h2-5,16-17,21,35H,6-7H2,1H3/t16?,17?,21-,23+/m0/s1. The number of esters is 1. The molecular formula is C23H15I4N3O8S. The first-order chi connectivity index (χ1) is 18.3. The van der Waals surface area contributed by atoms with Crippen molar-refractivity contribution in [3.05, 3.63) is 65.4 Å². The summed E-state index contributed by atoms with van der Waals surface area (Å²) in [4.78, 5) is 66.1. The zero-order valence-corrected chi connectivity index (χ0v) is 29.0. The Hall–Kier alpha value is -0.850. The number of nitro groups is 1. The van der Waals surface area contributed by atoms with E-state index >= 15 is 0 Å². The van der Waals surface area contributed by atoms with Gasteiger partial charge < -0.3 is 14.7 Å². The molecule has 0 bridgehead atoms. The van der Waals surface area contributed by atoms with Crippen LogP contribution in [0.2, 0.25) is 0 Å². The number of fused-ring (bicyclic) bond motifs is 2. The van der Waals surface area contributed by atoms with E-state index in [1.807, 2.05) is 45.2 Å². The second kappa shape index (κ2) is 10.8. The number of β-lactam (4-membered cyclic amide) rings is 1. The van der Waals surface area contributed by atoms with Gasteiger partial charge in [-0.1, -0.05) is 0 Å². The number of aliphatic hydroxyl groups is 1. The van der Waals surface area contributed by atoms with Gasteiger partial charge in [-0.15, -0.1) is 11.8 Å². The van der Waals surface area contributed by atoms with E-state index in [0.717, 1.165) is 12.0 Å². The van der Waals surface area contributed by atoms with Crippen LogP contribution in [0.1, 0.15) is 33.2 Å². The van der Waals surface area contributed by atoms with Crippen LogP contribution in [0.25, 0.3) is 0 Å². The highest BCUT2D eigenvalue weighted by Gasteiger charge is 2.65. The highest BCUT2D eigenvalue weighted by Crippen LogP contribution is 2.47. The summed E-state index contributed by atoms with van der Waals surface area (Å²) in [6.07, 6.45) is 0. The summed E-state index contributed by atoms with van der Waals surface area (Å²) in [6, 6.07) is 2.97. The van der Waals surface area contributed by atoms with Crippen LogP contribution in [0.15, 0.2) is 24.3 Å². The number of halogens is 4. The van der Waals surface area contributed by atoms with Gasteiger partial charge in [-0.05, 0) is 115 Å². The lowest BCUT2D eigenvalue weighted by atomic mass is 9.90. The van der Waals surface area contributed by atoms with Gasteiger partial charge in [-0.25, -0.2) is 4.79 Å². The zero-order chi connectivity index (χ0) is 28.5. The molecule has 5 rings (SSSR count). The number of imide groups is 1. The molecule has 2 aromatic carbocycles. The number of amides is 3. The predicted molar refractivity (Wildman–Crippen MR) is 172 cm³/mol. The maximum atomic E-state index is 13.5. The minimum Gasteiger partial charge on any atom is -0.459 e. The van der Waals surface area contributed by atoms with Crippen molar-refractivity contribution in [2.24, 2.45) is 0 Å². The van der Waals surface area contributed by atoms with E-state index in [-0.39, 0.29) is 29.2 Å². The fourth-order valence-electron chi connectivity index (χ4n) is 4.72. The summed E-state index contributed by atoms with van der Waals surface area (Å²) in [6.45, 7) is 1.20. The molecule has 2 unspecified atom stereocenters. The van der Waals surface area contributed by atoms with Gasteiger partial charge in [-0.2, -0.15) is 0 Å². The van der Waals surface area contributed by atoms with Crippen LogP contribution in [0.4, 0.5) is 5.69 Å². The second-order valence-electron chi connectivity index (χ2n) is 9.17. The second-order valence-corrected chi connectivity index (χ2v) is 14.6. The van der Waals surface area contributed by atoms with E-state index in [4.69, 9.17) is 4.74 Å². The van der Waals surface area contributed by atoms with Crippen molar-refractivity contribution in [1.29, 1.82) is 0 Å². The third-order valence-electron chi connectivity index (χ3n) is 6.63. The Morgan fingerprint density at radius 2 is 1.62 bits per heavy atom. The predicted octanol–water partition coefficient (Wildman–Crippen LogP) is 3.76. The maximum absolute atomic E-state index is 13.5. The number of hydrogen-bond acceptors (Lipinski definition) is 9. The van der Waals surface area contributed by atoms with E-state index < -0.39 is 51.7 Å². The molecule has 3 amide bonds. The van der Waals surface area contributed by atoms with Crippen LogP contribution < -0.4 is 0 Å². The number of carbonyl (C=O) groups excluding carboxylic acids is 4. The first-order valence-electron chi connectivity index (χ1n) is 11.1. The molecule has 1 N–H and O–H groups in total. The number of benzene rings is 2. The fraction of sp³-hybridized carbons (Fsp3) is 0.304. The van der Waals surface area contributed by atoms with E-state index in [1.165, 1.54) is 47.9 Å². The van der Waals surface area contributed by atoms with Gasteiger partial charge in [0.05, 0.1) is 16.1 Å². The SMILES string of the molecule is C[C@@]1(O)CS[C@H]2C(N3C(=O)c4c(I)c(I)c(I)c(I)c4C3=O)C(=O)N2C1C(=O)OCc1ccc([N+](=O)[O-])cc1. The summed E-state index contributed by atoms with van der Waals surface area (Å²) in [5.41, 5.74) is -0.712. The molecular weight excluding hydrogens is 986 g/mol. The van der Waals surface area contributed by atoms with E-state index in [9.17, 15) is 34.4 Å². The smallest absolute Gasteiger partial charge is 0.332 e. The van der Waals surface area contributed by atoms with Crippen LogP contribution in [0.5, 0.6) is 0 Å². The largest absolute Gasteiger partial charge is 0.459 e. The number of hydrogen-bond donors (Lipinski definition) is 1. The summed E-state index contributed by atoms with van der Waals surface area (Å²) < 4.78 is 8.37. The van der Waals surface area contributed by atoms with E-state index in [1.54, 1.807) is 0 Å². The molecule has 0 saturated carbocycles. The molecule has 3 heterocycles. The van der Waals surface area contributed by atoms with Crippen LogP contribution in [-0.2, 0) is 20.9 Å². The molecule has 0 aromatic heterocycles. The molecule has 2 saturated heterocycles. The average molecular weight is 1000 g/mol. The summed E-state index contributed by atoms with van der Waals surface area (Å²) >= 11 is 9.51. The molecule has 3 aliphatic heterocycles. The number of non-ortho nitro benzene ring substituents is 1. The van der Waals surface area contributed by atoms with Crippen LogP contribution in [0, 0.1) is 24.4 Å². The van der Waals surface area contributed by atoms with Crippen molar-refractivity contribution in [3.8, 4) is 0 Å². The average Bonchev–Trinajstić information content (AvgIpc) is 3.14. The molecule has 11 nitrogen and oxygen atoms in total. The molecule has 39 heavy (non-hydrogen) atoms. The third kappa shape index (κ3) is 4.76. The van der Waals surface area contributed by atoms with E-state index in [2.05, 4.69) is 45.2 Å². The van der Waals surface area contributed by atoms with Crippen molar-refractivity contribution in [2.45, 2.75) is 36.6 Å². The van der Waals surface area contributed by atoms with Gasteiger partial charge in [0.15, 0.2) is 6.04 Å². The molecule has 2 aromatic rings. The van der Waals surface area contributed by atoms with Crippen molar-refractivity contribution in [1.82, 2.24) is 9.80 Å². The Bertz CT molecular complexity index is 1440. The van der Waals surface area contributed by atoms with Crippen LogP contribution >= 0.6 is 102 Å². The van der Waals surface area contributed by atoms with Gasteiger partial charge in [-0.3, -0.25) is 29.4 Å². The van der Waals surface area contributed by atoms with Gasteiger partial charge in [0, 0.05) is 32.2 Å². The van der Waals surface area contributed by atoms with Crippen molar-refractivity contribution in [3.63, 3.8) is 0 Å². The molecule has 4 atom stereocenters. The maximum Gasteiger partial charge on any atom is 0.332 e. The number of thioether (sulfide) groups is 1. The third-order valence-corrected chi connectivity index (χ3v) is 15.6. The topological polar surface area (TPSA) is 147 Å². The minimum atomic E-state index is -1.63. The highest BCUT2D eigenvalue weighted by molar-refractivity contribution is 14.1. The lowest BCUT2D eigenvalue weighted by molar-refractivity contribution is -0.384. The van der Waals surface area contributed by atoms with Crippen molar-refractivity contribution < 1.29 is 33.9 Å². The van der Waals surface area contributed by atoms with E-state index in [0.29, 0.717) is 12.7 Å². The monoisotopic (exact) mass is 1000 g/mol. The molecule has 0 radical (unpaired) electrons. The Morgan fingerprint density at radius 1 is 1.08 bits per heavy atom. The normalized spacial score (nSPS) is 25.8. The van der Waals surface area contributed by atoms with Crippen LogP contribution in [0.3, 0.4) is 0 Å². The van der Waals surface area contributed by atoms with Gasteiger partial charge >= 0.3 is 5.97 Å². The number of nitrogens with zero attached hydrogens (tertiary/aromatic N) is 3. The Labute approximate surface area is 279 Å². The number of nitro benzene ring substituents is 1. The highest BCUT2D eigenvalue weighted by atomic mass is 127. The van der Waals surface area contributed by atoms with Gasteiger partial charge in [0.2, 0.25) is 0 Å². The number of ether oxygens (including phenoxy) is 1. The van der Waals surface area contributed by atoms with Crippen molar-refractivity contribution in [2.75, 3.05) is 5.75 Å². The lowest BCUT2D eigenvalue weighted by Gasteiger charge is -2.57. The minimum absolute atomic E-state index is 0.0588. The fourth-order valence-corrected chi connectivity index (χ4v) is 9.84. The molecule has 0 spiro atoms.